The Morgan fingerprint density at radius 2 is 1.83 bits per heavy atom. The average Bonchev–Trinajstić information content (AvgIpc) is 3.33. The molecule has 0 saturated carbocycles. The molecule has 1 saturated heterocycles. The minimum atomic E-state index is -0.190. The Hall–Kier alpha value is -3.13. The molecule has 7 nitrogen and oxygen atoms in total. The van der Waals surface area contributed by atoms with Crippen LogP contribution in [-0.4, -0.2) is 57.0 Å². The van der Waals surface area contributed by atoms with Gasteiger partial charge in [-0.2, -0.15) is 0 Å². The molecule has 0 N–H and O–H groups in total. The average molecular weight is 507 g/mol. The van der Waals surface area contributed by atoms with Crippen molar-refractivity contribution in [3.05, 3.63) is 60.2 Å². The summed E-state index contributed by atoms with van der Waals surface area (Å²) in [6.45, 7) is 5.47. The van der Waals surface area contributed by atoms with Gasteiger partial charge in [0, 0.05) is 36.5 Å². The Morgan fingerprint density at radius 3 is 2.58 bits per heavy atom. The van der Waals surface area contributed by atoms with Crippen molar-refractivity contribution in [3.63, 3.8) is 0 Å². The van der Waals surface area contributed by atoms with Crippen molar-refractivity contribution < 1.29 is 14.3 Å². The van der Waals surface area contributed by atoms with Gasteiger partial charge < -0.3 is 9.64 Å². The number of rotatable bonds is 10. The highest BCUT2D eigenvalue weighted by Crippen LogP contribution is 2.29. The predicted molar refractivity (Wildman–Crippen MR) is 142 cm³/mol. The summed E-state index contributed by atoms with van der Waals surface area (Å²) in [7, 11) is 0. The minimum Gasteiger partial charge on any atom is -0.466 e. The zero-order valence-corrected chi connectivity index (χ0v) is 21.9. The summed E-state index contributed by atoms with van der Waals surface area (Å²) in [6.07, 6.45) is 3.84. The molecule has 1 amide bonds. The normalized spacial score (nSPS) is 15.6. The second-order valence-corrected chi connectivity index (χ2v) is 10.1. The van der Waals surface area contributed by atoms with Crippen LogP contribution in [0.4, 0.5) is 0 Å². The lowest BCUT2D eigenvalue weighted by atomic mass is 9.98. The van der Waals surface area contributed by atoms with E-state index in [0.717, 1.165) is 60.2 Å². The molecule has 3 aromatic rings. The van der Waals surface area contributed by atoms with E-state index in [-0.39, 0.29) is 17.8 Å². The number of benzene rings is 2. The number of hydrogen-bond donors (Lipinski definition) is 0. The van der Waals surface area contributed by atoms with E-state index >= 15 is 0 Å². The first-order valence-corrected chi connectivity index (χ1v) is 13.7. The molecule has 190 valence electrons. The summed E-state index contributed by atoms with van der Waals surface area (Å²) < 4.78 is 7.25. The molecule has 36 heavy (non-hydrogen) atoms. The molecule has 0 aliphatic carbocycles. The third-order valence-corrected chi connectivity index (χ3v) is 7.38. The number of unbranched alkanes of at least 4 members (excludes halogenated alkanes) is 1. The molecular weight excluding hydrogens is 472 g/mol. The fraction of sp³-hybridized carbons (Fsp3) is 0.429. The maximum atomic E-state index is 12.7. The number of piperidine rings is 1. The lowest BCUT2D eigenvalue weighted by molar-refractivity contribution is -0.151. The largest absolute Gasteiger partial charge is 0.466 e. The van der Waals surface area contributed by atoms with Gasteiger partial charge in [0.25, 0.3) is 0 Å². The summed E-state index contributed by atoms with van der Waals surface area (Å²) in [5.41, 5.74) is 3.25. The molecule has 1 atom stereocenters. The molecule has 2 aromatic carbocycles. The van der Waals surface area contributed by atoms with Crippen LogP contribution in [0.2, 0.25) is 0 Å². The van der Waals surface area contributed by atoms with Gasteiger partial charge in [-0.3, -0.25) is 14.2 Å². The number of carbonyl (C=O) groups is 2. The van der Waals surface area contributed by atoms with E-state index in [9.17, 15) is 9.59 Å². The number of carbonyl (C=O) groups excluding carboxylic acids is 2. The fourth-order valence-electron chi connectivity index (χ4n) is 4.42. The maximum absolute atomic E-state index is 12.7. The Labute approximate surface area is 217 Å². The van der Waals surface area contributed by atoms with Gasteiger partial charge in [0.1, 0.15) is 0 Å². The summed E-state index contributed by atoms with van der Waals surface area (Å²) in [5, 5.41) is 9.85. The first kappa shape index (κ1) is 25.9. The van der Waals surface area contributed by atoms with Gasteiger partial charge in [0.05, 0.1) is 12.5 Å². The van der Waals surface area contributed by atoms with Crippen molar-refractivity contribution >= 4 is 23.6 Å². The van der Waals surface area contributed by atoms with E-state index in [1.165, 1.54) is 5.56 Å². The number of likely N-dealkylation sites (tertiary alicyclic amines) is 1. The monoisotopic (exact) mass is 506 g/mol. The van der Waals surface area contributed by atoms with Crippen LogP contribution in [-0.2, 0) is 14.3 Å². The van der Waals surface area contributed by atoms with Crippen molar-refractivity contribution in [3.8, 4) is 17.1 Å². The molecule has 1 fully saturated rings. The van der Waals surface area contributed by atoms with Crippen LogP contribution in [0, 0.1) is 12.8 Å². The van der Waals surface area contributed by atoms with Crippen LogP contribution in [0.3, 0.4) is 0 Å². The van der Waals surface area contributed by atoms with Crippen molar-refractivity contribution in [2.24, 2.45) is 5.92 Å². The standard InChI is InChI=1S/C28H34N4O3S/c1-3-35-27(34)23-10-9-18-31(20-23)25(33)13-7-8-19-36-28-30-29-26(22-16-14-21(2)15-17-22)32(28)24-11-5-4-6-12-24/h4-6,11-12,14-17,23H,3,7-10,13,18-20H2,1-2H3. The van der Waals surface area contributed by atoms with Gasteiger partial charge in [-0.25, -0.2) is 0 Å². The Bertz CT molecular complexity index is 1150. The minimum absolute atomic E-state index is 0.128. The van der Waals surface area contributed by atoms with E-state index in [4.69, 9.17) is 4.74 Å². The summed E-state index contributed by atoms with van der Waals surface area (Å²) >= 11 is 1.66. The maximum Gasteiger partial charge on any atom is 0.310 e. The number of esters is 1. The van der Waals surface area contributed by atoms with E-state index in [1.54, 1.807) is 11.8 Å². The second-order valence-electron chi connectivity index (χ2n) is 9.08. The van der Waals surface area contributed by atoms with E-state index < -0.39 is 0 Å². The number of aryl methyl sites for hydroxylation is 1. The predicted octanol–water partition coefficient (Wildman–Crippen LogP) is 5.31. The van der Waals surface area contributed by atoms with Gasteiger partial charge >= 0.3 is 5.97 Å². The molecular formula is C28H34N4O3S. The lowest BCUT2D eigenvalue weighted by Gasteiger charge is -2.31. The topological polar surface area (TPSA) is 77.3 Å². The van der Waals surface area contributed by atoms with Gasteiger partial charge in [0.15, 0.2) is 11.0 Å². The molecule has 1 aliphatic heterocycles. The molecule has 4 rings (SSSR count). The molecule has 1 unspecified atom stereocenters. The first-order chi connectivity index (χ1) is 17.6. The van der Waals surface area contributed by atoms with Crippen molar-refractivity contribution in [2.75, 3.05) is 25.4 Å². The van der Waals surface area contributed by atoms with Gasteiger partial charge in [0.2, 0.25) is 5.91 Å². The number of hydrogen-bond acceptors (Lipinski definition) is 6. The van der Waals surface area contributed by atoms with Crippen LogP contribution in [0.15, 0.2) is 59.8 Å². The summed E-state index contributed by atoms with van der Waals surface area (Å²) in [4.78, 5) is 26.6. The molecule has 1 aliphatic rings. The van der Waals surface area contributed by atoms with Crippen LogP contribution in [0.1, 0.15) is 44.6 Å². The Kier molecular flexibility index (Phi) is 9.17. The number of ether oxygens (including phenoxy) is 1. The molecule has 0 radical (unpaired) electrons. The number of aromatic nitrogens is 3. The highest BCUT2D eigenvalue weighted by atomic mass is 32.2. The van der Waals surface area contributed by atoms with E-state index in [2.05, 4.69) is 58.1 Å². The van der Waals surface area contributed by atoms with Gasteiger partial charge in [-0.1, -0.05) is 59.8 Å². The third kappa shape index (κ3) is 6.55. The van der Waals surface area contributed by atoms with Crippen molar-refractivity contribution in [1.82, 2.24) is 19.7 Å². The molecule has 1 aromatic heterocycles. The molecule has 2 heterocycles. The molecule has 0 spiro atoms. The smallest absolute Gasteiger partial charge is 0.310 e. The van der Waals surface area contributed by atoms with Crippen molar-refractivity contribution in [2.45, 2.75) is 51.1 Å². The number of nitrogens with zero attached hydrogens (tertiary/aromatic N) is 4. The summed E-state index contributed by atoms with van der Waals surface area (Å²) in [5.74, 6) is 1.42. The van der Waals surface area contributed by atoms with Gasteiger partial charge in [-0.15, -0.1) is 10.2 Å². The first-order valence-electron chi connectivity index (χ1n) is 12.7. The number of amides is 1. The zero-order chi connectivity index (χ0) is 25.3. The zero-order valence-electron chi connectivity index (χ0n) is 21.1. The fourth-order valence-corrected chi connectivity index (χ4v) is 5.37. The quantitative estimate of drug-likeness (QED) is 0.211. The number of thioether (sulfide) groups is 1. The third-order valence-electron chi connectivity index (χ3n) is 6.37. The summed E-state index contributed by atoms with van der Waals surface area (Å²) in [6, 6.07) is 18.5. The van der Waals surface area contributed by atoms with Crippen molar-refractivity contribution in [1.29, 1.82) is 0 Å². The number of para-hydroxylation sites is 1. The lowest BCUT2D eigenvalue weighted by Crippen LogP contribution is -2.42. The van der Waals surface area contributed by atoms with E-state index in [1.807, 2.05) is 30.0 Å². The SMILES string of the molecule is CCOC(=O)C1CCCN(C(=O)CCCCSc2nnc(-c3ccc(C)cc3)n2-c2ccccc2)C1. The van der Waals surface area contributed by atoms with Crippen LogP contribution < -0.4 is 0 Å². The Balaban J connectivity index is 1.32. The van der Waals surface area contributed by atoms with Crippen LogP contribution in [0.5, 0.6) is 0 Å². The highest BCUT2D eigenvalue weighted by Gasteiger charge is 2.29. The van der Waals surface area contributed by atoms with Crippen LogP contribution >= 0.6 is 11.8 Å². The molecule has 0 bridgehead atoms. The second kappa shape index (κ2) is 12.7. The molecule has 8 heteroatoms. The van der Waals surface area contributed by atoms with Crippen LogP contribution in [0.25, 0.3) is 17.1 Å². The van der Waals surface area contributed by atoms with E-state index in [0.29, 0.717) is 19.6 Å². The van der Waals surface area contributed by atoms with Gasteiger partial charge in [-0.05, 0) is 51.7 Å². The highest BCUT2D eigenvalue weighted by molar-refractivity contribution is 7.99. The Morgan fingerprint density at radius 1 is 1.06 bits per heavy atom.